The van der Waals surface area contributed by atoms with Gasteiger partial charge in [-0.25, -0.2) is 9.78 Å². The summed E-state index contributed by atoms with van der Waals surface area (Å²) in [7, 11) is 0. The fourth-order valence-electron chi connectivity index (χ4n) is 2.84. The largest absolute Gasteiger partial charge is 0.490 e. The number of fused-ring (bicyclic) bond motifs is 1. The molecule has 0 spiro atoms. The second kappa shape index (κ2) is 8.30. The molecule has 1 N–H and O–H groups in total. The summed E-state index contributed by atoms with van der Waals surface area (Å²) in [5.74, 6) is -1.63. The Kier molecular flexibility index (Phi) is 5.83. The molecule has 4 rings (SSSR count). The maximum absolute atomic E-state index is 10.6. The number of carbonyl (C=O) groups is 1. The number of carboxylic acids is 1. The van der Waals surface area contributed by atoms with Gasteiger partial charge in [0.15, 0.2) is 0 Å². The molecular formula is C17H18F3N5O3. The molecule has 0 saturated heterocycles. The quantitative estimate of drug-likeness (QED) is 0.727. The second-order valence-electron chi connectivity index (χ2n) is 6.17. The first-order valence-electron chi connectivity index (χ1n) is 8.37. The highest BCUT2D eigenvalue weighted by atomic mass is 19.4. The van der Waals surface area contributed by atoms with Gasteiger partial charge < -0.3 is 14.1 Å². The first-order valence-corrected chi connectivity index (χ1v) is 8.37. The van der Waals surface area contributed by atoms with Crippen LogP contribution < -0.4 is 0 Å². The molecule has 0 atom stereocenters. The maximum Gasteiger partial charge on any atom is 0.490 e. The van der Waals surface area contributed by atoms with Crippen molar-refractivity contribution in [2.24, 2.45) is 0 Å². The van der Waals surface area contributed by atoms with Gasteiger partial charge in [-0.05, 0) is 12.1 Å². The zero-order valence-corrected chi connectivity index (χ0v) is 14.7. The van der Waals surface area contributed by atoms with Gasteiger partial charge in [0.2, 0.25) is 0 Å². The Balaban J connectivity index is 0.000000279. The van der Waals surface area contributed by atoms with Crippen LogP contribution in [0, 0.1) is 0 Å². The van der Waals surface area contributed by atoms with Gasteiger partial charge in [-0.2, -0.15) is 18.3 Å². The molecule has 3 aromatic heterocycles. The van der Waals surface area contributed by atoms with Gasteiger partial charge in [-0.15, -0.1) is 0 Å². The van der Waals surface area contributed by atoms with Crippen molar-refractivity contribution in [1.82, 2.24) is 24.2 Å². The number of halogens is 3. The van der Waals surface area contributed by atoms with E-state index in [0.29, 0.717) is 0 Å². The van der Waals surface area contributed by atoms with E-state index in [1.165, 1.54) is 11.3 Å². The lowest BCUT2D eigenvalue weighted by Gasteiger charge is -2.28. The molecule has 0 saturated carbocycles. The van der Waals surface area contributed by atoms with Crippen LogP contribution in [-0.4, -0.2) is 48.0 Å². The first kappa shape index (κ1) is 19.7. The number of imidazole rings is 1. The van der Waals surface area contributed by atoms with Crippen molar-refractivity contribution in [3.8, 4) is 0 Å². The lowest BCUT2D eigenvalue weighted by molar-refractivity contribution is -0.192. The number of alkyl halides is 3. The first-order chi connectivity index (χ1) is 13.3. The number of rotatable bonds is 4. The van der Waals surface area contributed by atoms with Crippen LogP contribution in [0.4, 0.5) is 13.2 Å². The lowest BCUT2D eigenvalue weighted by Crippen LogP contribution is -2.34. The SMILES string of the molecule is O=C(O)C(F)(F)F.c1cnn(Cc2cnc3n2CCN(Cc2ccoc2)C3)c1. The Morgan fingerprint density at radius 2 is 2.07 bits per heavy atom. The Labute approximate surface area is 157 Å². The summed E-state index contributed by atoms with van der Waals surface area (Å²) in [6, 6.07) is 3.96. The topological polar surface area (TPSA) is 89.3 Å². The third-order valence-corrected chi connectivity index (χ3v) is 4.14. The fourth-order valence-corrected chi connectivity index (χ4v) is 2.84. The van der Waals surface area contributed by atoms with E-state index in [2.05, 4.69) is 19.5 Å². The highest BCUT2D eigenvalue weighted by Crippen LogP contribution is 2.17. The van der Waals surface area contributed by atoms with E-state index in [4.69, 9.17) is 14.3 Å². The molecule has 28 heavy (non-hydrogen) atoms. The number of aromatic nitrogens is 4. The third-order valence-electron chi connectivity index (χ3n) is 4.14. The van der Waals surface area contributed by atoms with Crippen LogP contribution in [0.15, 0.2) is 47.7 Å². The van der Waals surface area contributed by atoms with Crippen molar-refractivity contribution in [2.45, 2.75) is 32.4 Å². The zero-order chi connectivity index (χ0) is 20.1. The van der Waals surface area contributed by atoms with Crippen molar-refractivity contribution < 1.29 is 27.5 Å². The van der Waals surface area contributed by atoms with Crippen LogP contribution in [0.2, 0.25) is 0 Å². The maximum atomic E-state index is 10.6. The molecule has 0 bridgehead atoms. The van der Waals surface area contributed by atoms with Crippen LogP contribution in [0.1, 0.15) is 17.1 Å². The Hall–Kier alpha value is -3.08. The van der Waals surface area contributed by atoms with Gasteiger partial charge in [0.05, 0.1) is 37.5 Å². The molecule has 0 aromatic carbocycles. The number of aliphatic carboxylic acids is 1. The molecule has 0 fully saturated rings. The number of nitrogens with zero attached hydrogens (tertiary/aromatic N) is 5. The summed E-state index contributed by atoms with van der Waals surface area (Å²) in [6.07, 6.45) is 4.21. The molecule has 0 unspecified atom stereocenters. The van der Waals surface area contributed by atoms with Crippen LogP contribution in [-0.2, 0) is 31.0 Å². The zero-order valence-electron chi connectivity index (χ0n) is 14.7. The lowest BCUT2D eigenvalue weighted by atomic mass is 10.2. The Morgan fingerprint density at radius 3 is 2.68 bits per heavy atom. The Bertz CT molecular complexity index is 888. The van der Waals surface area contributed by atoms with Gasteiger partial charge >= 0.3 is 12.1 Å². The van der Waals surface area contributed by atoms with Crippen molar-refractivity contribution >= 4 is 5.97 Å². The van der Waals surface area contributed by atoms with E-state index >= 15 is 0 Å². The normalized spacial score (nSPS) is 14.2. The average Bonchev–Trinajstić information content (AvgIpc) is 3.38. The van der Waals surface area contributed by atoms with Crippen molar-refractivity contribution in [3.63, 3.8) is 0 Å². The summed E-state index contributed by atoms with van der Waals surface area (Å²) >= 11 is 0. The molecule has 0 amide bonds. The minimum absolute atomic E-state index is 0.779. The average molecular weight is 397 g/mol. The van der Waals surface area contributed by atoms with Gasteiger partial charge in [-0.1, -0.05) is 0 Å². The van der Waals surface area contributed by atoms with Gasteiger partial charge in [0.1, 0.15) is 5.82 Å². The van der Waals surface area contributed by atoms with Crippen LogP contribution in [0.5, 0.6) is 0 Å². The fraction of sp³-hybridized carbons (Fsp3) is 0.353. The minimum Gasteiger partial charge on any atom is -0.475 e. The Morgan fingerprint density at radius 1 is 1.29 bits per heavy atom. The molecule has 0 radical (unpaired) electrons. The smallest absolute Gasteiger partial charge is 0.475 e. The number of furan rings is 1. The predicted molar refractivity (Wildman–Crippen MR) is 90.1 cm³/mol. The van der Waals surface area contributed by atoms with Gasteiger partial charge in [-0.3, -0.25) is 9.58 Å². The summed E-state index contributed by atoms with van der Waals surface area (Å²) < 4.78 is 41.1. The van der Waals surface area contributed by atoms with E-state index in [0.717, 1.165) is 38.5 Å². The molecule has 8 nitrogen and oxygen atoms in total. The van der Waals surface area contributed by atoms with Crippen LogP contribution in [0.3, 0.4) is 0 Å². The molecule has 150 valence electrons. The summed E-state index contributed by atoms with van der Waals surface area (Å²) in [4.78, 5) is 15.9. The van der Waals surface area contributed by atoms with Gasteiger partial charge in [0, 0.05) is 37.6 Å². The summed E-state index contributed by atoms with van der Waals surface area (Å²) in [5, 5.41) is 11.4. The van der Waals surface area contributed by atoms with Crippen molar-refractivity contribution in [1.29, 1.82) is 0 Å². The summed E-state index contributed by atoms with van der Waals surface area (Å²) in [5.41, 5.74) is 2.43. The molecular weight excluding hydrogens is 379 g/mol. The minimum atomic E-state index is -5.08. The molecule has 1 aliphatic heterocycles. The molecule has 0 aliphatic carbocycles. The molecule has 4 heterocycles. The standard InChI is InChI=1S/C15H17N5O.C2HF3O2/c1-3-17-19(4-1)10-14-8-16-15-11-18(5-6-20(14)15)9-13-2-7-21-12-13;3-2(4,5)1(6)7/h1-4,7-8,12H,5-6,9-11H2;(H,6,7). The molecule has 11 heteroatoms. The highest BCUT2D eigenvalue weighted by Gasteiger charge is 2.38. The second-order valence-corrected chi connectivity index (χ2v) is 6.17. The van der Waals surface area contributed by atoms with E-state index in [1.807, 2.05) is 35.5 Å². The number of hydrogen-bond donors (Lipinski definition) is 1. The van der Waals surface area contributed by atoms with Crippen molar-refractivity contribution in [2.75, 3.05) is 6.54 Å². The highest BCUT2D eigenvalue weighted by molar-refractivity contribution is 5.73. The van der Waals surface area contributed by atoms with Crippen LogP contribution in [0.25, 0.3) is 0 Å². The third kappa shape index (κ3) is 5.00. The molecule has 1 aliphatic rings. The van der Waals surface area contributed by atoms with Crippen molar-refractivity contribution in [3.05, 3.63) is 60.3 Å². The van der Waals surface area contributed by atoms with E-state index in [1.54, 1.807) is 12.5 Å². The number of hydrogen-bond acceptors (Lipinski definition) is 5. The number of carboxylic acid groups (broad SMARTS) is 1. The van der Waals surface area contributed by atoms with E-state index < -0.39 is 12.1 Å². The molecule has 3 aromatic rings. The summed E-state index contributed by atoms with van der Waals surface area (Å²) in [6.45, 7) is 4.58. The van der Waals surface area contributed by atoms with Crippen LogP contribution >= 0.6 is 0 Å². The van der Waals surface area contributed by atoms with E-state index in [9.17, 15) is 13.2 Å². The van der Waals surface area contributed by atoms with Gasteiger partial charge in [0.25, 0.3) is 0 Å². The van der Waals surface area contributed by atoms with E-state index in [-0.39, 0.29) is 0 Å². The predicted octanol–water partition coefficient (Wildman–Crippen LogP) is 2.37. The monoisotopic (exact) mass is 397 g/mol.